The summed E-state index contributed by atoms with van der Waals surface area (Å²) in [5.74, 6) is 2.63. The summed E-state index contributed by atoms with van der Waals surface area (Å²) < 4.78 is 31.8. The lowest BCUT2D eigenvalue weighted by atomic mass is 9.90. The number of amides is 1. The Bertz CT molecular complexity index is 1230. The molecule has 1 atom stereocenters. The molecular weight excluding hydrogens is 418 g/mol. The van der Waals surface area contributed by atoms with Gasteiger partial charge < -0.3 is 10.1 Å². The van der Waals surface area contributed by atoms with Crippen LogP contribution >= 0.6 is 11.3 Å². The Kier molecular flexibility index (Phi) is 5.37. The summed E-state index contributed by atoms with van der Waals surface area (Å²) in [6, 6.07) is 14.1. The zero-order chi connectivity index (χ0) is 21.3. The number of ether oxygens (including phenoxy) is 1. The molecule has 1 aliphatic rings. The normalized spacial score (nSPS) is 15.7. The molecule has 2 heterocycles. The molecule has 0 unspecified atom stereocenters. The van der Waals surface area contributed by atoms with Crippen LogP contribution in [-0.4, -0.2) is 20.9 Å². The second-order valence-electron chi connectivity index (χ2n) is 7.02. The Balaban J connectivity index is 1.72. The average Bonchev–Trinajstić information content (AvgIpc) is 3.17. The highest BCUT2D eigenvalue weighted by molar-refractivity contribution is 7.91. The van der Waals surface area contributed by atoms with Crippen molar-refractivity contribution in [3.63, 3.8) is 0 Å². The number of nitrogens with one attached hydrogen (secondary N) is 1. The van der Waals surface area contributed by atoms with Crippen LogP contribution in [0.1, 0.15) is 28.3 Å². The summed E-state index contributed by atoms with van der Waals surface area (Å²) >= 11 is 1.35. The van der Waals surface area contributed by atoms with Crippen molar-refractivity contribution < 1.29 is 17.9 Å². The van der Waals surface area contributed by atoms with Crippen molar-refractivity contribution in [1.82, 2.24) is 0 Å². The van der Waals surface area contributed by atoms with Crippen molar-refractivity contribution >= 4 is 32.8 Å². The molecule has 0 bridgehead atoms. The smallest absolute Gasteiger partial charge is 0.225 e. The van der Waals surface area contributed by atoms with Crippen LogP contribution in [0.25, 0.3) is 0 Å². The highest BCUT2D eigenvalue weighted by atomic mass is 32.2. The third-order valence-corrected chi connectivity index (χ3v) is 8.02. The molecule has 1 amide bonds. The maximum Gasteiger partial charge on any atom is 0.225 e. The number of carbonyl (C=O) groups is 1. The first-order valence-electron chi connectivity index (χ1n) is 9.29. The van der Waals surface area contributed by atoms with Crippen LogP contribution in [0.5, 0.6) is 5.75 Å². The molecule has 1 aromatic heterocycles. The fraction of sp³-hybridized carbons (Fsp3) is 0.174. The number of anilines is 1. The molecule has 0 spiro atoms. The van der Waals surface area contributed by atoms with Gasteiger partial charge in [0.2, 0.25) is 15.7 Å². The van der Waals surface area contributed by atoms with Crippen molar-refractivity contribution in [3.05, 3.63) is 69.9 Å². The fourth-order valence-electron chi connectivity index (χ4n) is 3.44. The van der Waals surface area contributed by atoms with Gasteiger partial charge in [0.05, 0.1) is 10.6 Å². The fourth-order valence-corrected chi connectivity index (χ4v) is 6.35. The molecule has 3 aromatic rings. The van der Waals surface area contributed by atoms with E-state index in [0.29, 0.717) is 11.4 Å². The predicted molar refractivity (Wildman–Crippen MR) is 117 cm³/mol. The van der Waals surface area contributed by atoms with Crippen LogP contribution in [0.4, 0.5) is 5.69 Å². The van der Waals surface area contributed by atoms with Gasteiger partial charge in [0, 0.05) is 22.6 Å². The lowest BCUT2D eigenvalue weighted by Crippen LogP contribution is -2.23. The van der Waals surface area contributed by atoms with E-state index in [9.17, 15) is 13.2 Å². The number of thiophene rings is 1. The monoisotopic (exact) mass is 437 g/mol. The lowest BCUT2D eigenvalue weighted by molar-refractivity contribution is -0.116. The van der Waals surface area contributed by atoms with Gasteiger partial charge in [-0.25, -0.2) is 8.42 Å². The number of rotatable bonds is 5. The second-order valence-corrected chi connectivity index (χ2v) is 9.85. The molecule has 2 aromatic carbocycles. The SMILES string of the molecule is C#CCOc1ccc([C@@H]2CC(=O)Nc3c(S(=O)(=O)c4ccc(C)cc4)csc32)cc1. The van der Waals surface area contributed by atoms with Crippen molar-refractivity contribution in [3.8, 4) is 18.1 Å². The number of fused-ring (bicyclic) bond motifs is 1. The number of terminal acetylenes is 1. The first kappa shape index (κ1) is 20.2. The van der Waals surface area contributed by atoms with E-state index in [0.717, 1.165) is 16.0 Å². The Morgan fingerprint density at radius 1 is 1.17 bits per heavy atom. The van der Waals surface area contributed by atoms with Gasteiger partial charge in [-0.05, 0) is 36.8 Å². The van der Waals surface area contributed by atoms with Gasteiger partial charge in [-0.15, -0.1) is 17.8 Å². The van der Waals surface area contributed by atoms with Gasteiger partial charge in [-0.3, -0.25) is 4.79 Å². The Labute approximate surface area is 179 Å². The van der Waals surface area contributed by atoms with E-state index in [-0.39, 0.29) is 34.6 Å². The van der Waals surface area contributed by atoms with E-state index in [1.807, 2.05) is 19.1 Å². The molecule has 4 rings (SSSR count). The van der Waals surface area contributed by atoms with E-state index < -0.39 is 9.84 Å². The van der Waals surface area contributed by atoms with Crippen LogP contribution in [-0.2, 0) is 14.6 Å². The quantitative estimate of drug-likeness (QED) is 0.602. The molecule has 1 N–H and O–H groups in total. The summed E-state index contributed by atoms with van der Waals surface area (Å²) in [5.41, 5.74) is 2.28. The summed E-state index contributed by atoms with van der Waals surface area (Å²) in [6.07, 6.45) is 5.46. The van der Waals surface area contributed by atoms with Crippen molar-refractivity contribution in [2.45, 2.75) is 29.1 Å². The second kappa shape index (κ2) is 7.98. The largest absolute Gasteiger partial charge is 0.481 e. The van der Waals surface area contributed by atoms with Crippen LogP contribution in [0.15, 0.2) is 63.7 Å². The van der Waals surface area contributed by atoms with Crippen LogP contribution in [0.2, 0.25) is 0 Å². The predicted octanol–water partition coefficient (Wildman–Crippen LogP) is 4.38. The zero-order valence-electron chi connectivity index (χ0n) is 16.2. The Hall–Kier alpha value is -3.08. The van der Waals surface area contributed by atoms with Gasteiger partial charge >= 0.3 is 0 Å². The molecule has 30 heavy (non-hydrogen) atoms. The molecular formula is C23H19NO4S2. The molecule has 5 nitrogen and oxygen atoms in total. The van der Waals surface area contributed by atoms with Crippen LogP contribution < -0.4 is 10.1 Å². The van der Waals surface area contributed by atoms with Gasteiger partial charge in [0.25, 0.3) is 0 Å². The molecule has 0 saturated heterocycles. The Morgan fingerprint density at radius 2 is 1.87 bits per heavy atom. The van der Waals surface area contributed by atoms with Crippen molar-refractivity contribution in [2.75, 3.05) is 11.9 Å². The van der Waals surface area contributed by atoms with E-state index in [1.54, 1.807) is 41.8 Å². The molecule has 7 heteroatoms. The number of hydrogen-bond acceptors (Lipinski definition) is 5. The number of sulfone groups is 1. The van der Waals surface area contributed by atoms with Crippen LogP contribution in [0, 0.1) is 19.3 Å². The highest BCUT2D eigenvalue weighted by Gasteiger charge is 2.34. The maximum atomic E-state index is 13.2. The standard InChI is InChI=1S/C23H19NO4S2/c1-3-12-28-17-8-6-16(7-9-17)19-13-21(25)24-22-20(14-29-23(19)22)30(26,27)18-10-4-15(2)5-11-18/h1,4-11,14,19H,12-13H2,2H3,(H,24,25)/t19-/m0/s1. The van der Waals surface area contributed by atoms with Gasteiger partial charge in [-0.1, -0.05) is 35.7 Å². The summed E-state index contributed by atoms with van der Waals surface area (Å²) in [4.78, 5) is 13.6. The average molecular weight is 438 g/mol. The lowest BCUT2D eigenvalue weighted by Gasteiger charge is -2.24. The number of aryl methyl sites for hydroxylation is 1. The summed E-state index contributed by atoms with van der Waals surface area (Å²) in [7, 11) is -3.74. The minimum absolute atomic E-state index is 0.137. The van der Waals surface area contributed by atoms with E-state index in [2.05, 4.69) is 11.2 Å². The molecule has 0 radical (unpaired) electrons. The van der Waals surface area contributed by atoms with E-state index >= 15 is 0 Å². The molecule has 1 aliphatic heterocycles. The number of hydrogen-bond donors (Lipinski definition) is 1. The van der Waals surface area contributed by atoms with Gasteiger partial charge in [0.15, 0.2) is 0 Å². The molecule has 0 fully saturated rings. The summed E-state index contributed by atoms with van der Waals surface area (Å²) in [5, 5.41) is 4.39. The minimum atomic E-state index is -3.74. The molecule has 152 valence electrons. The molecule has 0 aliphatic carbocycles. The maximum absolute atomic E-state index is 13.2. The summed E-state index contributed by atoms with van der Waals surface area (Å²) in [6.45, 7) is 2.08. The first-order valence-corrected chi connectivity index (χ1v) is 11.7. The third kappa shape index (κ3) is 3.72. The third-order valence-electron chi connectivity index (χ3n) is 4.98. The molecule has 0 saturated carbocycles. The zero-order valence-corrected chi connectivity index (χ0v) is 17.8. The van der Waals surface area contributed by atoms with Crippen molar-refractivity contribution in [1.29, 1.82) is 0 Å². The minimum Gasteiger partial charge on any atom is -0.481 e. The highest BCUT2D eigenvalue weighted by Crippen LogP contribution is 2.46. The van der Waals surface area contributed by atoms with Gasteiger partial charge in [-0.2, -0.15) is 0 Å². The number of carbonyl (C=O) groups excluding carboxylic acids is 1. The van der Waals surface area contributed by atoms with Crippen molar-refractivity contribution in [2.24, 2.45) is 0 Å². The Morgan fingerprint density at radius 3 is 2.53 bits per heavy atom. The number of benzene rings is 2. The van der Waals surface area contributed by atoms with Crippen LogP contribution in [0.3, 0.4) is 0 Å². The first-order chi connectivity index (χ1) is 14.4. The van der Waals surface area contributed by atoms with Gasteiger partial charge in [0.1, 0.15) is 17.3 Å². The van der Waals surface area contributed by atoms with E-state index in [1.165, 1.54) is 11.3 Å². The van der Waals surface area contributed by atoms with E-state index in [4.69, 9.17) is 11.2 Å². The topological polar surface area (TPSA) is 72.5 Å².